The van der Waals surface area contributed by atoms with Gasteiger partial charge in [0.25, 0.3) is 5.56 Å². The zero-order valence-electron chi connectivity index (χ0n) is 17.9. The molecule has 158 valence electrons. The molecule has 0 saturated carbocycles. The van der Waals surface area contributed by atoms with Gasteiger partial charge in [-0.15, -0.1) is 0 Å². The Kier molecular flexibility index (Phi) is 6.15. The van der Waals surface area contributed by atoms with Gasteiger partial charge in [-0.2, -0.15) is 5.26 Å². The van der Waals surface area contributed by atoms with Gasteiger partial charge in [-0.3, -0.25) is 4.79 Å². The number of hydrogen-bond donors (Lipinski definition) is 1. The molecule has 0 unspecified atom stereocenters. The van der Waals surface area contributed by atoms with Crippen molar-refractivity contribution in [3.8, 4) is 34.3 Å². The molecule has 0 bridgehead atoms. The lowest BCUT2D eigenvalue weighted by molar-refractivity contribution is 0.415. The van der Waals surface area contributed by atoms with Crippen LogP contribution < -0.4 is 15.6 Å². The number of nitriles is 1. The molecular weight excluding hydrogens is 388 g/mol. The van der Waals surface area contributed by atoms with E-state index in [-0.39, 0.29) is 5.56 Å². The molecule has 1 aliphatic heterocycles. The molecule has 0 spiro atoms. The molecule has 0 amide bonds. The van der Waals surface area contributed by atoms with Crippen molar-refractivity contribution in [1.82, 2.24) is 14.9 Å². The molecule has 1 fully saturated rings. The molecule has 6 nitrogen and oxygen atoms in total. The first-order chi connectivity index (χ1) is 15.1. The van der Waals surface area contributed by atoms with Crippen LogP contribution in [0.3, 0.4) is 0 Å². The molecule has 2 aromatic carbocycles. The zero-order valence-corrected chi connectivity index (χ0v) is 17.9. The Labute approximate surface area is 182 Å². The Morgan fingerprint density at radius 3 is 2.48 bits per heavy atom. The number of benzene rings is 2. The van der Waals surface area contributed by atoms with Gasteiger partial charge in [0.05, 0.1) is 30.1 Å². The third kappa shape index (κ3) is 4.37. The molecule has 1 aliphatic rings. The van der Waals surface area contributed by atoms with E-state index in [1.807, 2.05) is 36.4 Å². The number of nitrogens with zero attached hydrogens (tertiary/aromatic N) is 3. The standard InChI is InChI=1S/C25H26N4O2/c1-29-24(20-8-10-21(31-2)11-9-20)23(19-6-3-17(15-26)4-7-19)28-22(25(29)30)12-5-18-13-14-27-16-18/h3-4,6-11,18,27H,5,12-14,16H2,1-2H3/t18-/m0/s1. The minimum atomic E-state index is -0.0610. The minimum absolute atomic E-state index is 0.0610. The van der Waals surface area contributed by atoms with Crippen LogP contribution in [0, 0.1) is 17.2 Å². The number of methoxy groups -OCH3 is 1. The van der Waals surface area contributed by atoms with Gasteiger partial charge in [0, 0.05) is 18.2 Å². The average Bonchev–Trinajstić information content (AvgIpc) is 3.34. The summed E-state index contributed by atoms with van der Waals surface area (Å²) in [6.07, 6.45) is 2.75. The van der Waals surface area contributed by atoms with Gasteiger partial charge in [-0.1, -0.05) is 12.1 Å². The van der Waals surface area contributed by atoms with Crippen LogP contribution in [0.2, 0.25) is 0 Å². The highest BCUT2D eigenvalue weighted by Crippen LogP contribution is 2.31. The summed E-state index contributed by atoms with van der Waals surface area (Å²) in [5.41, 5.74) is 4.39. The van der Waals surface area contributed by atoms with E-state index in [2.05, 4.69) is 11.4 Å². The van der Waals surface area contributed by atoms with Crippen molar-refractivity contribution in [2.75, 3.05) is 20.2 Å². The third-order valence-electron chi connectivity index (χ3n) is 5.96. The van der Waals surface area contributed by atoms with Crippen molar-refractivity contribution in [2.45, 2.75) is 19.3 Å². The van der Waals surface area contributed by atoms with Crippen LogP contribution >= 0.6 is 0 Å². The van der Waals surface area contributed by atoms with Crippen molar-refractivity contribution < 1.29 is 4.74 Å². The predicted octanol–water partition coefficient (Wildman–Crippen LogP) is 3.54. The van der Waals surface area contributed by atoms with E-state index in [1.165, 1.54) is 0 Å². The zero-order chi connectivity index (χ0) is 21.8. The highest BCUT2D eigenvalue weighted by molar-refractivity contribution is 5.78. The second-order valence-corrected chi connectivity index (χ2v) is 7.94. The molecule has 4 rings (SSSR count). The smallest absolute Gasteiger partial charge is 0.272 e. The largest absolute Gasteiger partial charge is 0.497 e. The molecule has 1 aromatic heterocycles. The normalized spacial score (nSPS) is 15.6. The fourth-order valence-corrected chi connectivity index (χ4v) is 4.14. The molecule has 6 heteroatoms. The fourth-order valence-electron chi connectivity index (χ4n) is 4.14. The number of rotatable bonds is 6. The van der Waals surface area contributed by atoms with Crippen LogP contribution in [0.15, 0.2) is 53.3 Å². The summed E-state index contributed by atoms with van der Waals surface area (Å²) in [7, 11) is 3.43. The average molecular weight is 415 g/mol. The SMILES string of the molecule is COc1ccc(-c2c(-c3ccc(C#N)cc3)nc(CC[C@H]3CCNC3)c(=O)n2C)cc1. The molecule has 0 radical (unpaired) electrons. The number of aromatic nitrogens is 2. The molecule has 1 N–H and O–H groups in total. The Morgan fingerprint density at radius 1 is 1.16 bits per heavy atom. The van der Waals surface area contributed by atoms with Crippen molar-refractivity contribution in [3.63, 3.8) is 0 Å². The van der Waals surface area contributed by atoms with Gasteiger partial charge >= 0.3 is 0 Å². The van der Waals surface area contributed by atoms with E-state index in [9.17, 15) is 4.79 Å². The number of aryl methyl sites for hydroxylation is 1. The lowest BCUT2D eigenvalue weighted by Crippen LogP contribution is -2.26. The molecule has 3 aromatic rings. The Morgan fingerprint density at radius 2 is 1.87 bits per heavy atom. The minimum Gasteiger partial charge on any atom is -0.497 e. The van der Waals surface area contributed by atoms with E-state index in [1.54, 1.807) is 30.9 Å². The first-order valence-electron chi connectivity index (χ1n) is 10.6. The van der Waals surface area contributed by atoms with Gasteiger partial charge in [-0.05, 0) is 74.7 Å². The van der Waals surface area contributed by atoms with Gasteiger partial charge in [0.2, 0.25) is 0 Å². The summed E-state index contributed by atoms with van der Waals surface area (Å²) in [5.74, 6) is 1.34. The van der Waals surface area contributed by atoms with Crippen LogP contribution in [-0.2, 0) is 13.5 Å². The van der Waals surface area contributed by atoms with E-state index in [0.717, 1.165) is 54.2 Å². The maximum Gasteiger partial charge on any atom is 0.272 e. The van der Waals surface area contributed by atoms with Crippen LogP contribution in [0.5, 0.6) is 5.75 Å². The maximum absolute atomic E-state index is 13.2. The first kappa shape index (κ1) is 20.8. The van der Waals surface area contributed by atoms with Crippen LogP contribution in [-0.4, -0.2) is 29.8 Å². The highest BCUT2D eigenvalue weighted by atomic mass is 16.5. The summed E-state index contributed by atoms with van der Waals surface area (Å²) >= 11 is 0. The van der Waals surface area contributed by atoms with Gasteiger partial charge in [0.1, 0.15) is 11.4 Å². The molecule has 1 saturated heterocycles. The summed E-state index contributed by atoms with van der Waals surface area (Å²) in [6.45, 7) is 2.05. The van der Waals surface area contributed by atoms with Gasteiger partial charge in [-0.25, -0.2) is 4.98 Å². The molecule has 31 heavy (non-hydrogen) atoms. The number of ether oxygens (including phenoxy) is 1. The summed E-state index contributed by atoms with van der Waals surface area (Å²) in [6, 6.07) is 17.1. The Balaban J connectivity index is 1.82. The monoisotopic (exact) mass is 414 g/mol. The van der Waals surface area contributed by atoms with Gasteiger partial charge < -0.3 is 14.6 Å². The van der Waals surface area contributed by atoms with Crippen molar-refractivity contribution >= 4 is 0 Å². The maximum atomic E-state index is 13.2. The van der Waals surface area contributed by atoms with Crippen LogP contribution in [0.25, 0.3) is 22.5 Å². The summed E-state index contributed by atoms with van der Waals surface area (Å²) in [4.78, 5) is 18.1. The number of nitrogens with one attached hydrogen (secondary N) is 1. The van der Waals surface area contributed by atoms with Gasteiger partial charge in [0.15, 0.2) is 0 Å². The first-order valence-corrected chi connectivity index (χ1v) is 10.6. The van der Waals surface area contributed by atoms with E-state index < -0.39 is 0 Å². The lowest BCUT2D eigenvalue weighted by atomic mass is 9.99. The molecule has 2 heterocycles. The lowest BCUT2D eigenvalue weighted by Gasteiger charge is -2.17. The van der Waals surface area contributed by atoms with Crippen molar-refractivity contribution in [1.29, 1.82) is 5.26 Å². The second kappa shape index (κ2) is 9.15. The van der Waals surface area contributed by atoms with E-state index in [0.29, 0.717) is 23.6 Å². The predicted molar refractivity (Wildman–Crippen MR) is 121 cm³/mol. The third-order valence-corrected chi connectivity index (χ3v) is 5.96. The molecular formula is C25H26N4O2. The second-order valence-electron chi connectivity index (χ2n) is 7.94. The quantitative estimate of drug-likeness (QED) is 0.667. The van der Waals surface area contributed by atoms with Crippen LogP contribution in [0.1, 0.15) is 24.1 Å². The molecule has 0 aliphatic carbocycles. The summed E-state index contributed by atoms with van der Waals surface area (Å²) < 4.78 is 6.98. The molecule has 1 atom stereocenters. The van der Waals surface area contributed by atoms with E-state index in [4.69, 9.17) is 15.0 Å². The van der Waals surface area contributed by atoms with Crippen molar-refractivity contribution in [2.24, 2.45) is 13.0 Å². The van der Waals surface area contributed by atoms with E-state index >= 15 is 0 Å². The Hall–Kier alpha value is -3.43. The number of hydrogen-bond acceptors (Lipinski definition) is 5. The highest BCUT2D eigenvalue weighted by Gasteiger charge is 2.20. The Bertz CT molecular complexity index is 1150. The van der Waals surface area contributed by atoms with Crippen LogP contribution in [0.4, 0.5) is 0 Å². The summed E-state index contributed by atoms with van der Waals surface area (Å²) in [5, 5.41) is 12.5. The topological polar surface area (TPSA) is 79.9 Å². The fraction of sp³-hybridized carbons (Fsp3) is 0.320. The van der Waals surface area contributed by atoms with Crippen molar-refractivity contribution in [3.05, 3.63) is 70.1 Å².